The molecule has 0 bridgehead atoms. The van der Waals surface area contributed by atoms with Crippen LogP contribution < -0.4 is 5.73 Å². The van der Waals surface area contributed by atoms with Crippen LogP contribution in [0.4, 0.5) is 0 Å². The van der Waals surface area contributed by atoms with Gasteiger partial charge >= 0.3 is 0 Å². The van der Waals surface area contributed by atoms with Gasteiger partial charge in [-0.2, -0.15) is 0 Å². The second-order valence-corrected chi connectivity index (χ2v) is 6.86. The third-order valence-electron chi connectivity index (χ3n) is 4.66. The molecule has 0 spiro atoms. The van der Waals surface area contributed by atoms with Gasteiger partial charge < -0.3 is 5.73 Å². The summed E-state index contributed by atoms with van der Waals surface area (Å²) in [5.41, 5.74) is 7.81. The first-order valence-electron chi connectivity index (χ1n) is 6.93. The SMILES string of the molecule is CC1CCC(C(C)(C)c2cccc(Cl)c2)C(N)C1. The van der Waals surface area contributed by atoms with Crippen LogP contribution in [-0.2, 0) is 5.41 Å². The molecule has 2 heteroatoms. The van der Waals surface area contributed by atoms with Crippen molar-refractivity contribution in [2.75, 3.05) is 0 Å². The van der Waals surface area contributed by atoms with Crippen LogP contribution in [0, 0.1) is 11.8 Å². The van der Waals surface area contributed by atoms with Crippen LogP contribution in [0.15, 0.2) is 24.3 Å². The monoisotopic (exact) mass is 265 g/mol. The first kappa shape index (κ1) is 13.9. The van der Waals surface area contributed by atoms with Crippen molar-refractivity contribution in [3.8, 4) is 0 Å². The molecule has 1 aromatic rings. The molecule has 0 heterocycles. The minimum absolute atomic E-state index is 0.102. The Morgan fingerprint density at radius 2 is 2.00 bits per heavy atom. The third-order valence-corrected chi connectivity index (χ3v) is 4.89. The van der Waals surface area contributed by atoms with Crippen LogP contribution in [0.1, 0.15) is 45.6 Å². The molecule has 2 rings (SSSR count). The number of hydrogen-bond donors (Lipinski definition) is 1. The highest BCUT2D eigenvalue weighted by atomic mass is 35.5. The fourth-order valence-electron chi connectivity index (χ4n) is 3.42. The Bertz CT molecular complexity index is 413. The zero-order valence-electron chi connectivity index (χ0n) is 11.6. The molecular formula is C16H24ClN. The molecule has 0 aromatic heterocycles. The maximum atomic E-state index is 6.40. The summed E-state index contributed by atoms with van der Waals surface area (Å²) < 4.78 is 0. The van der Waals surface area contributed by atoms with E-state index >= 15 is 0 Å². The summed E-state index contributed by atoms with van der Waals surface area (Å²) in [7, 11) is 0. The molecule has 18 heavy (non-hydrogen) atoms. The summed E-state index contributed by atoms with van der Waals surface area (Å²) in [5, 5.41) is 0.818. The fourth-order valence-corrected chi connectivity index (χ4v) is 3.61. The second-order valence-electron chi connectivity index (χ2n) is 6.42. The normalized spacial score (nSPS) is 29.3. The molecule has 0 aliphatic heterocycles. The number of hydrogen-bond acceptors (Lipinski definition) is 1. The van der Waals surface area contributed by atoms with Crippen LogP contribution in [-0.4, -0.2) is 6.04 Å². The largest absolute Gasteiger partial charge is 0.327 e. The molecule has 1 saturated carbocycles. The first-order chi connectivity index (χ1) is 8.41. The van der Waals surface area contributed by atoms with Crippen LogP contribution >= 0.6 is 11.6 Å². The Hall–Kier alpha value is -0.530. The topological polar surface area (TPSA) is 26.0 Å². The molecule has 0 amide bonds. The Balaban J connectivity index is 2.25. The molecule has 1 aromatic carbocycles. The van der Waals surface area contributed by atoms with Gasteiger partial charge in [0, 0.05) is 11.1 Å². The average molecular weight is 266 g/mol. The summed E-state index contributed by atoms with van der Waals surface area (Å²) in [6.07, 6.45) is 3.67. The Labute approximate surface area is 116 Å². The molecule has 1 aliphatic carbocycles. The standard InChI is InChI=1S/C16H24ClN/c1-11-7-8-14(15(18)9-11)16(2,3)12-5-4-6-13(17)10-12/h4-6,10-11,14-15H,7-9,18H2,1-3H3. The fraction of sp³-hybridized carbons (Fsp3) is 0.625. The van der Waals surface area contributed by atoms with Gasteiger partial charge in [-0.15, -0.1) is 0 Å². The van der Waals surface area contributed by atoms with Crippen LogP contribution in [0.2, 0.25) is 5.02 Å². The van der Waals surface area contributed by atoms with Gasteiger partial charge in [-0.05, 0) is 47.8 Å². The van der Waals surface area contributed by atoms with Crippen molar-refractivity contribution in [1.29, 1.82) is 0 Å². The number of halogens is 1. The lowest BCUT2D eigenvalue weighted by atomic mass is 9.64. The van der Waals surface area contributed by atoms with E-state index in [-0.39, 0.29) is 5.41 Å². The molecule has 1 fully saturated rings. The van der Waals surface area contributed by atoms with Gasteiger partial charge in [-0.1, -0.05) is 50.9 Å². The van der Waals surface area contributed by atoms with Crippen molar-refractivity contribution >= 4 is 11.6 Å². The Kier molecular flexibility index (Phi) is 4.03. The molecular weight excluding hydrogens is 242 g/mol. The molecule has 1 nitrogen and oxygen atoms in total. The molecule has 0 saturated heterocycles. The smallest absolute Gasteiger partial charge is 0.0408 e. The summed E-state index contributed by atoms with van der Waals surface area (Å²) in [6.45, 7) is 6.92. The second kappa shape index (κ2) is 5.22. The van der Waals surface area contributed by atoms with E-state index in [0.29, 0.717) is 12.0 Å². The molecule has 100 valence electrons. The Morgan fingerprint density at radius 1 is 1.28 bits per heavy atom. The van der Waals surface area contributed by atoms with Gasteiger partial charge in [-0.25, -0.2) is 0 Å². The van der Waals surface area contributed by atoms with Crippen LogP contribution in [0.25, 0.3) is 0 Å². The highest BCUT2D eigenvalue weighted by molar-refractivity contribution is 6.30. The van der Waals surface area contributed by atoms with Gasteiger partial charge in [0.05, 0.1) is 0 Å². The van der Waals surface area contributed by atoms with Gasteiger partial charge in [0.1, 0.15) is 0 Å². The first-order valence-corrected chi connectivity index (χ1v) is 7.30. The van der Waals surface area contributed by atoms with Gasteiger partial charge in [-0.3, -0.25) is 0 Å². The van der Waals surface area contributed by atoms with Crippen LogP contribution in [0.5, 0.6) is 0 Å². The minimum atomic E-state index is 0.102. The predicted molar refractivity (Wildman–Crippen MR) is 79.0 cm³/mol. The lowest BCUT2D eigenvalue weighted by Crippen LogP contribution is -2.45. The van der Waals surface area contributed by atoms with E-state index < -0.39 is 0 Å². The minimum Gasteiger partial charge on any atom is -0.327 e. The molecule has 3 atom stereocenters. The van der Waals surface area contributed by atoms with E-state index in [0.717, 1.165) is 17.4 Å². The number of nitrogens with two attached hydrogens (primary N) is 1. The summed E-state index contributed by atoms with van der Waals surface area (Å²) in [6, 6.07) is 8.55. The van der Waals surface area contributed by atoms with E-state index in [1.807, 2.05) is 12.1 Å². The summed E-state index contributed by atoms with van der Waals surface area (Å²) in [4.78, 5) is 0. The van der Waals surface area contributed by atoms with Gasteiger partial charge in [0.15, 0.2) is 0 Å². The zero-order valence-corrected chi connectivity index (χ0v) is 12.4. The lowest BCUT2D eigenvalue weighted by molar-refractivity contribution is 0.171. The van der Waals surface area contributed by atoms with Crippen LogP contribution in [0.3, 0.4) is 0 Å². The average Bonchev–Trinajstić information content (AvgIpc) is 2.28. The van der Waals surface area contributed by atoms with Crippen molar-refractivity contribution in [2.45, 2.75) is 51.5 Å². The summed E-state index contributed by atoms with van der Waals surface area (Å²) in [5.74, 6) is 1.32. The lowest BCUT2D eigenvalue weighted by Gasteiger charge is -2.43. The van der Waals surface area contributed by atoms with Gasteiger partial charge in [0.2, 0.25) is 0 Å². The van der Waals surface area contributed by atoms with E-state index in [9.17, 15) is 0 Å². The zero-order chi connectivity index (χ0) is 13.3. The number of benzene rings is 1. The van der Waals surface area contributed by atoms with E-state index in [1.54, 1.807) is 0 Å². The van der Waals surface area contributed by atoms with Crippen molar-refractivity contribution < 1.29 is 0 Å². The Morgan fingerprint density at radius 3 is 2.61 bits per heavy atom. The van der Waals surface area contributed by atoms with E-state index in [1.165, 1.54) is 18.4 Å². The number of rotatable bonds is 2. The maximum Gasteiger partial charge on any atom is 0.0408 e. The van der Waals surface area contributed by atoms with Crippen molar-refractivity contribution in [2.24, 2.45) is 17.6 Å². The van der Waals surface area contributed by atoms with Crippen molar-refractivity contribution in [3.05, 3.63) is 34.9 Å². The highest BCUT2D eigenvalue weighted by Crippen LogP contribution is 2.42. The highest BCUT2D eigenvalue weighted by Gasteiger charge is 2.38. The molecule has 1 aliphatic rings. The van der Waals surface area contributed by atoms with E-state index in [2.05, 4.69) is 32.9 Å². The third kappa shape index (κ3) is 2.73. The van der Waals surface area contributed by atoms with E-state index in [4.69, 9.17) is 17.3 Å². The molecule has 2 N–H and O–H groups in total. The predicted octanol–water partition coefficient (Wildman–Crippen LogP) is 4.38. The maximum absolute atomic E-state index is 6.40. The quantitative estimate of drug-likeness (QED) is 0.844. The molecule has 0 radical (unpaired) electrons. The van der Waals surface area contributed by atoms with Crippen molar-refractivity contribution in [3.63, 3.8) is 0 Å². The van der Waals surface area contributed by atoms with Gasteiger partial charge in [0.25, 0.3) is 0 Å². The van der Waals surface area contributed by atoms with Crippen molar-refractivity contribution in [1.82, 2.24) is 0 Å². The molecule has 3 unspecified atom stereocenters. The summed E-state index contributed by atoms with van der Waals surface area (Å²) >= 11 is 6.12.